The number of amides is 1. The van der Waals surface area contributed by atoms with Crippen LogP contribution in [0.5, 0.6) is 0 Å². The zero-order chi connectivity index (χ0) is 16.2. The molecule has 3 aromatic rings. The van der Waals surface area contributed by atoms with Crippen molar-refractivity contribution in [2.75, 3.05) is 0 Å². The maximum atomic E-state index is 12.3. The van der Waals surface area contributed by atoms with Gasteiger partial charge in [-0.1, -0.05) is 17.7 Å². The molecule has 0 saturated carbocycles. The van der Waals surface area contributed by atoms with Gasteiger partial charge >= 0.3 is 0 Å². The molecule has 23 heavy (non-hydrogen) atoms. The maximum absolute atomic E-state index is 12.3. The van der Waals surface area contributed by atoms with Crippen LogP contribution in [-0.4, -0.2) is 26.5 Å². The number of hydrogen-bond acceptors (Lipinski definition) is 5. The number of nitrogens with one attached hydrogen (secondary N) is 1. The third kappa shape index (κ3) is 3.09. The van der Waals surface area contributed by atoms with E-state index in [1.807, 2.05) is 0 Å². The van der Waals surface area contributed by atoms with Gasteiger partial charge in [0.25, 0.3) is 11.5 Å². The number of nitrogens with zero attached hydrogens (tertiary/aromatic N) is 4. The fraction of sp³-hybridized carbons (Fsp3) is 0. The number of halogens is 1. The molecule has 114 valence electrons. The van der Waals surface area contributed by atoms with Gasteiger partial charge in [-0.15, -0.1) is 0 Å². The third-order valence-corrected chi connectivity index (χ3v) is 3.31. The Bertz CT molecular complexity index is 953. The van der Waals surface area contributed by atoms with Crippen LogP contribution >= 0.6 is 11.6 Å². The summed E-state index contributed by atoms with van der Waals surface area (Å²) in [4.78, 5) is 32.1. The minimum absolute atomic E-state index is 0.0168. The van der Waals surface area contributed by atoms with Crippen LogP contribution in [0.25, 0.3) is 5.65 Å². The minimum Gasteiger partial charge on any atom is -0.268 e. The maximum Gasteiger partial charge on any atom is 0.271 e. The molecule has 0 radical (unpaired) electrons. The van der Waals surface area contributed by atoms with Gasteiger partial charge in [-0.25, -0.2) is 10.4 Å². The molecule has 3 aromatic heterocycles. The van der Waals surface area contributed by atoms with Gasteiger partial charge in [-0.2, -0.15) is 5.10 Å². The quantitative estimate of drug-likeness (QED) is 0.448. The van der Waals surface area contributed by atoms with Crippen molar-refractivity contribution < 1.29 is 4.79 Å². The highest BCUT2D eigenvalue weighted by atomic mass is 35.5. The molecule has 0 saturated heterocycles. The van der Waals surface area contributed by atoms with E-state index in [1.165, 1.54) is 23.0 Å². The number of aromatic nitrogens is 3. The number of carbonyl (C=O) groups excluding carboxylic acids is 1. The van der Waals surface area contributed by atoms with E-state index < -0.39 is 5.91 Å². The number of fused-ring (bicyclic) bond motifs is 1. The van der Waals surface area contributed by atoms with Crippen molar-refractivity contribution in [3.8, 4) is 0 Å². The van der Waals surface area contributed by atoms with E-state index in [2.05, 4.69) is 20.5 Å². The van der Waals surface area contributed by atoms with Crippen LogP contribution in [0.1, 0.15) is 15.9 Å². The highest BCUT2D eigenvalue weighted by Crippen LogP contribution is 2.08. The Labute approximate surface area is 135 Å². The summed E-state index contributed by atoms with van der Waals surface area (Å²) in [6.07, 6.45) is 5.74. The van der Waals surface area contributed by atoms with Crippen LogP contribution < -0.4 is 11.0 Å². The zero-order valence-corrected chi connectivity index (χ0v) is 12.4. The highest BCUT2D eigenvalue weighted by Gasteiger charge is 2.09. The van der Waals surface area contributed by atoms with E-state index in [-0.39, 0.29) is 16.3 Å². The molecule has 0 unspecified atom stereocenters. The topological polar surface area (TPSA) is 88.7 Å². The standard InChI is InChI=1S/C15H10ClN5O2/c16-13-11(15(23)21-8-2-1-3-12(21)19-13)9-18-20-14(22)10-4-6-17-7-5-10/h1-9H,(H,20,22)/b18-9+. The van der Waals surface area contributed by atoms with Crippen molar-refractivity contribution in [3.63, 3.8) is 0 Å². The van der Waals surface area contributed by atoms with Gasteiger partial charge < -0.3 is 0 Å². The van der Waals surface area contributed by atoms with Crippen molar-refractivity contribution in [2.24, 2.45) is 5.10 Å². The molecule has 0 aliphatic carbocycles. The second-order valence-corrected chi connectivity index (χ2v) is 4.84. The summed E-state index contributed by atoms with van der Waals surface area (Å²) in [5, 5.41) is 3.78. The van der Waals surface area contributed by atoms with Crippen molar-refractivity contribution >= 4 is 29.4 Å². The molecular weight excluding hydrogens is 318 g/mol. The lowest BCUT2D eigenvalue weighted by atomic mass is 10.3. The summed E-state index contributed by atoms with van der Waals surface area (Å²) in [7, 11) is 0. The van der Waals surface area contributed by atoms with Crippen LogP contribution in [-0.2, 0) is 0 Å². The molecule has 1 N–H and O–H groups in total. The molecule has 0 aliphatic heterocycles. The average Bonchev–Trinajstić information content (AvgIpc) is 2.58. The second kappa shape index (κ2) is 6.37. The minimum atomic E-state index is -0.423. The molecule has 0 bridgehead atoms. The van der Waals surface area contributed by atoms with Gasteiger partial charge in [0, 0.05) is 24.2 Å². The molecule has 0 aromatic carbocycles. The van der Waals surface area contributed by atoms with Gasteiger partial charge in [0.15, 0.2) is 0 Å². The zero-order valence-electron chi connectivity index (χ0n) is 11.7. The molecule has 8 heteroatoms. The SMILES string of the molecule is O=C(N/N=C/c1c(Cl)nc2ccccn2c1=O)c1ccncc1. The lowest BCUT2D eigenvalue weighted by Crippen LogP contribution is -2.22. The van der Waals surface area contributed by atoms with Crippen LogP contribution in [0, 0.1) is 0 Å². The first-order chi connectivity index (χ1) is 11.2. The largest absolute Gasteiger partial charge is 0.271 e. The lowest BCUT2D eigenvalue weighted by Gasteiger charge is -2.03. The van der Waals surface area contributed by atoms with Crippen LogP contribution in [0.3, 0.4) is 0 Å². The van der Waals surface area contributed by atoms with E-state index in [0.717, 1.165) is 0 Å². The van der Waals surface area contributed by atoms with Gasteiger partial charge in [-0.05, 0) is 24.3 Å². The fourth-order valence-electron chi connectivity index (χ4n) is 1.91. The van der Waals surface area contributed by atoms with Gasteiger partial charge in [-0.3, -0.25) is 19.0 Å². The van der Waals surface area contributed by atoms with Crippen LogP contribution in [0.4, 0.5) is 0 Å². The molecule has 0 atom stereocenters. The van der Waals surface area contributed by atoms with E-state index in [0.29, 0.717) is 11.2 Å². The van der Waals surface area contributed by atoms with E-state index in [1.54, 1.807) is 36.5 Å². The first-order valence-electron chi connectivity index (χ1n) is 6.57. The Hall–Kier alpha value is -3.06. The van der Waals surface area contributed by atoms with Crippen molar-refractivity contribution in [2.45, 2.75) is 0 Å². The van der Waals surface area contributed by atoms with Crippen molar-refractivity contribution in [1.82, 2.24) is 19.8 Å². The highest BCUT2D eigenvalue weighted by molar-refractivity contribution is 6.32. The lowest BCUT2D eigenvalue weighted by molar-refractivity contribution is 0.0955. The van der Waals surface area contributed by atoms with Gasteiger partial charge in [0.05, 0.1) is 11.8 Å². The number of hydrazone groups is 1. The molecular formula is C15H10ClN5O2. The molecule has 0 spiro atoms. The fourth-order valence-corrected chi connectivity index (χ4v) is 2.12. The number of rotatable bonds is 3. The van der Waals surface area contributed by atoms with E-state index >= 15 is 0 Å². The van der Waals surface area contributed by atoms with Crippen molar-refractivity contribution in [3.05, 3.63) is 75.6 Å². The Kier molecular flexibility index (Phi) is 4.11. The second-order valence-electron chi connectivity index (χ2n) is 4.49. The summed E-state index contributed by atoms with van der Waals surface area (Å²) < 4.78 is 1.35. The smallest absolute Gasteiger partial charge is 0.268 e. The Morgan fingerprint density at radius 1 is 1.26 bits per heavy atom. The Balaban J connectivity index is 1.87. The molecule has 3 heterocycles. The van der Waals surface area contributed by atoms with Crippen LogP contribution in [0.15, 0.2) is 58.8 Å². The Morgan fingerprint density at radius 3 is 2.83 bits per heavy atom. The summed E-state index contributed by atoms with van der Waals surface area (Å²) >= 11 is 6.00. The number of pyridine rings is 2. The van der Waals surface area contributed by atoms with E-state index in [9.17, 15) is 9.59 Å². The molecule has 0 aliphatic rings. The van der Waals surface area contributed by atoms with E-state index in [4.69, 9.17) is 11.6 Å². The summed E-state index contributed by atoms with van der Waals surface area (Å²) in [6.45, 7) is 0. The summed E-state index contributed by atoms with van der Waals surface area (Å²) in [5.41, 5.74) is 2.86. The monoisotopic (exact) mass is 327 g/mol. The normalized spacial score (nSPS) is 11.0. The first kappa shape index (κ1) is 14.9. The van der Waals surface area contributed by atoms with Crippen molar-refractivity contribution in [1.29, 1.82) is 0 Å². The third-order valence-electron chi connectivity index (χ3n) is 3.02. The number of carbonyl (C=O) groups is 1. The Morgan fingerprint density at radius 2 is 2.04 bits per heavy atom. The summed E-state index contributed by atoms with van der Waals surface area (Å²) in [5.74, 6) is -0.423. The molecule has 0 fully saturated rings. The molecule has 3 rings (SSSR count). The summed E-state index contributed by atoms with van der Waals surface area (Å²) in [6, 6.07) is 8.21. The van der Waals surface area contributed by atoms with Crippen LogP contribution in [0.2, 0.25) is 5.15 Å². The molecule has 7 nitrogen and oxygen atoms in total. The first-order valence-corrected chi connectivity index (χ1v) is 6.95. The molecule has 1 amide bonds. The van der Waals surface area contributed by atoms with Gasteiger partial charge in [0.2, 0.25) is 0 Å². The predicted octanol–water partition coefficient (Wildman–Crippen LogP) is 1.51. The average molecular weight is 328 g/mol. The predicted molar refractivity (Wildman–Crippen MR) is 85.8 cm³/mol. The number of hydrogen-bond donors (Lipinski definition) is 1. The van der Waals surface area contributed by atoms with Gasteiger partial charge in [0.1, 0.15) is 10.8 Å².